The summed E-state index contributed by atoms with van der Waals surface area (Å²) in [4.78, 5) is 0. The first kappa shape index (κ1) is 15.3. The highest BCUT2D eigenvalue weighted by Crippen LogP contribution is 2.28. The van der Waals surface area contributed by atoms with Crippen LogP contribution in [0.3, 0.4) is 0 Å². The molecule has 20 heavy (non-hydrogen) atoms. The third-order valence-electron chi connectivity index (χ3n) is 3.41. The summed E-state index contributed by atoms with van der Waals surface area (Å²) < 4.78 is 6.68. The van der Waals surface area contributed by atoms with Gasteiger partial charge in [0.15, 0.2) is 0 Å². The molecule has 0 amide bonds. The van der Waals surface area contributed by atoms with Crippen molar-refractivity contribution in [2.24, 2.45) is 0 Å². The van der Waals surface area contributed by atoms with Crippen molar-refractivity contribution in [3.05, 3.63) is 58.0 Å². The summed E-state index contributed by atoms with van der Waals surface area (Å²) in [5.74, 6) is 1.01. The third-order valence-corrected chi connectivity index (χ3v) is 4.06. The van der Waals surface area contributed by atoms with E-state index in [1.807, 2.05) is 6.07 Å². The molecule has 2 nitrogen and oxygen atoms in total. The van der Waals surface area contributed by atoms with Crippen LogP contribution in [0.5, 0.6) is 0 Å². The summed E-state index contributed by atoms with van der Waals surface area (Å²) in [7, 11) is 0. The van der Waals surface area contributed by atoms with Crippen molar-refractivity contribution in [1.29, 1.82) is 0 Å². The highest BCUT2D eigenvalue weighted by Gasteiger charge is 2.17. The van der Waals surface area contributed by atoms with E-state index in [0.29, 0.717) is 0 Å². The Bertz CT molecular complexity index is 535. The van der Waals surface area contributed by atoms with Crippen molar-refractivity contribution >= 4 is 15.9 Å². The quantitative estimate of drug-likeness (QED) is 0.768. The van der Waals surface area contributed by atoms with Crippen molar-refractivity contribution in [3.8, 4) is 0 Å². The third kappa shape index (κ3) is 4.22. The van der Waals surface area contributed by atoms with Gasteiger partial charge < -0.3 is 9.73 Å². The van der Waals surface area contributed by atoms with E-state index < -0.39 is 0 Å². The Balaban J connectivity index is 2.03. The van der Waals surface area contributed by atoms with E-state index in [0.717, 1.165) is 36.0 Å². The van der Waals surface area contributed by atoms with Crippen LogP contribution < -0.4 is 5.32 Å². The van der Waals surface area contributed by atoms with Crippen molar-refractivity contribution in [2.45, 2.75) is 39.2 Å². The molecule has 1 aromatic heterocycles. The van der Waals surface area contributed by atoms with Gasteiger partial charge in [0.05, 0.1) is 16.8 Å². The molecule has 1 atom stereocenters. The average Bonchev–Trinajstić information content (AvgIpc) is 2.85. The molecule has 0 radical (unpaired) electrons. The van der Waals surface area contributed by atoms with Gasteiger partial charge in [0, 0.05) is 0 Å². The van der Waals surface area contributed by atoms with Gasteiger partial charge in [0.2, 0.25) is 0 Å². The minimum absolute atomic E-state index is 0.264. The molecular formula is C17H22BrNO. The van der Waals surface area contributed by atoms with Crippen LogP contribution >= 0.6 is 15.9 Å². The molecule has 1 N–H and O–H groups in total. The second kappa shape index (κ2) is 7.65. The largest absolute Gasteiger partial charge is 0.466 e. The Hall–Kier alpha value is -1.06. The fraction of sp³-hybridized carbons (Fsp3) is 0.412. The smallest absolute Gasteiger partial charge is 0.134 e. The van der Waals surface area contributed by atoms with Crippen LogP contribution in [0.25, 0.3) is 0 Å². The van der Waals surface area contributed by atoms with Crippen LogP contribution in [0.4, 0.5) is 0 Å². The lowest BCUT2D eigenvalue weighted by molar-refractivity contribution is 0.394. The van der Waals surface area contributed by atoms with Gasteiger partial charge in [-0.1, -0.05) is 36.8 Å². The zero-order chi connectivity index (χ0) is 14.4. The van der Waals surface area contributed by atoms with E-state index in [2.05, 4.69) is 59.4 Å². The van der Waals surface area contributed by atoms with E-state index in [1.54, 1.807) is 6.26 Å². The SMILES string of the molecule is CCCNC(CCc1cccc(C)c1)c1occc1Br. The number of hydrogen-bond donors (Lipinski definition) is 1. The zero-order valence-corrected chi connectivity index (χ0v) is 13.7. The maximum atomic E-state index is 5.63. The monoisotopic (exact) mass is 335 g/mol. The van der Waals surface area contributed by atoms with Crippen molar-refractivity contribution < 1.29 is 4.42 Å². The number of aryl methyl sites for hydroxylation is 2. The van der Waals surface area contributed by atoms with Gasteiger partial charge in [-0.3, -0.25) is 0 Å². The Morgan fingerprint density at radius 3 is 2.80 bits per heavy atom. The number of benzene rings is 1. The molecule has 3 heteroatoms. The topological polar surface area (TPSA) is 25.2 Å². The maximum absolute atomic E-state index is 5.63. The van der Waals surface area contributed by atoms with E-state index in [9.17, 15) is 0 Å². The number of rotatable bonds is 7. The first-order chi connectivity index (χ1) is 9.70. The minimum Gasteiger partial charge on any atom is -0.466 e. The van der Waals surface area contributed by atoms with Gasteiger partial charge in [0.1, 0.15) is 5.76 Å². The molecular weight excluding hydrogens is 314 g/mol. The van der Waals surface area contributed by atoms with Crippen LogP contribution in [0, 0.1) is 6.92 Å². The molecule has 1 heterocycles. The number of furan rings is 1. The molecule has 108 valence electrons. The summed E-state index contributed by atoms with van der Waals surface area (Å²) in [6, 6.07) is 10.9. The summed E-state index contributed by atoms with van der Waals surface area (Å²) in [5.41, 5.74) is 2.70. The van der Waals surface area contributed by atoms with Gasteiger partial charge in [-0.2, -0.15) is 0 Å². The highest BCUT2D eigenvalue weighted by molar-refractivity contribution is 9.10. The van der Waals surface area contributed by atoms with Crippen LogP contribution in [0.1, 0.15) is 42.7 Å². The molecule has 1 aromatic carbocycles. The van der Waals surface area contributed by atoms with Crippen LogP contribution in [-0.2, 0) is 6.42 Å². The number of nitrogens with one attached hydrogen (secondary N) is 1. The van der Waals surface area contributed by atoms with Crippen molar-refractivity contribution in [1.82, 2.24) is 5.32 Å². The van der Waals surface area contributed by atoms with Crippen molar-refractivity contribution in [3.63, 3.8) is 0 Å². The number of halogens is 1. The Kier molecular flexibility index (Phi) is 5.86. The fourth-order valence-electron chi connectivity index (χ4n) is 2.38. The van der Waals surface area contributed by atoms with Crippen LogP contribution in [0.15, 0.2) is 45.5 Å². The Labute approximate surface area is 129 Å². The minimum atomic E-state index is 0.264. The van der Waals surface area contributed by atoms with Gasteiger partial charge in [-0.05, 0) is 60.3 Å². The van der Waals surface area contributed by atoms with E-state index in [1.165, 1.54) is 11.1 Å². The fourth-order valence-corrected chi connectivity index (χ4v) is 2.85. The molecule has 0 aliphatic rings. The van der Waals surface area contributed by atoms with E-state index in [4.69, 9.17) is 4.42 Å². The summed E-state index contributed by atoms with van der Waals surface area (Å²) in [5, 5.41) is 3.57. The summed E-state index contributed by atoms with van der Waals surface area (Å²) in [6.45, 7) is 5.33. The molecule has 0 spiro atoms. The molecule has 0 bridgehead atoms. The summed E-state index contributed by atoms with van der Waals surface area (Å²) >= 11 is 3.56. The van der Waals surface area contributed by atoms with Gasteiger partial charge in [-0.15, -0.1) is 0 Å². The lowest BCUT2D eigenvalue weighted by Crippen LogP contribution is -2.22. The van der Waals surface area contributed by atoms with E-state index >= 15 is 0 Å². The standard InChI is InChI=1S/C17H22BrNO/c1-3-10-19-16(17-15(18)9-11-20-17)8-7-14-6-4-5-13(2)12-14/h4-6,9,11-12,16,19H,3,7-8,10H2,1-2H3. The normalized spacial score (nSPS) is 12.6. The molecule has 2 aromatic rings. The first-order valence-electron chi connectivity index (χ1n) is 7.22. The molecule has 2 rings (SSSR count). The highest BCUT2D eigenvalue weighted by atomic mass is 79.9. The molecule has 1 unspecified atom stereocenters. The zero-order valence-electron chi connectivity index (χ0n) is 12.2. The lowest BCUT2D eigenvalue weighted by atomic mass is 10.0. The molecule has 0 aliphatic heterocycles. The molecule has 0 fully saturated rings. The van der Waals surface area contributed by atoms with Crippen molar-refractivity contribution in [2.75, 3.05) is 6.54 Å². The lowest BCUT2D eigenvalue weighted by Gasteiger charge is -2.17. The predicted octanol–water partition coefficient (Wildman–Crippen LogP) is 5.02. The second-order valence-corrected chi connectivity index (χ2v) is 6.02. The average molecular weight is 336 g/mol. The first-order valence-corrected chi connectivity index (χ1v) is 8.01. The second-order valence-electron chi connectivity index (χ2n) is 5.17. The Morgan fingerprint density at radius 1 is 1.30 bits per heavy atom. The number of hydrogen-bond acceptors (Lipinski definition) is 2. The van der Waals surface area contributed by atoms with Gasteiger partial charge in [-0.25, -0.2) is 0 Å². The maximum Gasteiger partial charge on any atom is 0.134 e. The van der Waals surface area contributed by atoms with Gasteiger partial charge >= 0.3 is 0 Å². The molecule has 0 saturated heterocycles. The van der Waals surface area contributed by atoms with Crippen LogP contribution in [0.2, 0.25) is 0 Å². The summed E-state index contributed by atoms with van der Waals surface area (Å²) in [6.07, 6.45) is 4.96. The Morgan fingerprint density at radius 2 is 2.15 bits per heavy atom. The van der Waals surface area contributed by atoms with Gasteiger partial charge in [0.25, 0.3) is 0 Å². The molecule has 0 aliphatic carbocycles. The van der Waals surface area contributed by atoms with E-state index in [-0.39, 0.29) is 6.04 Å². The predicted molar refractivity (Wildman–Crippen MR) is 86.9 cm³/mol. The van der Waals surface area contributed by atoms with Crippen LogP contribution in [-0.4, -0.2) is 6.54 Å². The molecule has 0 saturated carbocycles.